The van der Waals surface area contributed by atoms with E-state index in [0.29, 0.717) is 36.6 Å². The molecule has 0 bridgehead atoms. The third-order valence-corrected chi connectivity index (χ3v) is 5.69. The molecule has 1 aliphatic rings. The molecule has 0 radical (unpaired) electrons. The smallest absolute Gasteiger partial charge is 0.228 e. The van der Waals surface area contributed by atoms with E-state index in [1.807, 2.05) is 18.2 Å². The average molecular weight is 445 g/mol. The van der Waals surface area contributed by atoms with Crippen LogP contribution in [0.1, 0.15) is 17.5 Å². The lowest BCUT2D eigenvalue weighted by Crippen LogP contribution is -2.34. The van der Waals surface area contributed by atoms with Crippen molar-refractivity contribution in [1.29, 1.82) is 0 Å². The molecule has 32 heavy (non-hydrogen) atoms. The van der Waals surface area contributed by atoms with Crippen LogP contribution in [0.3, 0.4) is 0 Å². The Morgan fingerprint density at radius 3 is 2.34 bits per heavy atom. The zero-order chi connectivity index (χ0) is 23.3. The van der Waals surface area contributed by atoms with E-state index < -0.39 is 11.7 Å². The number of carbonyl (C=O) groups is 2. The SMILES string of the molecule is COc1ccc(CN(C)C(=O)C2CC(=O)N(CCc3ccc(OC)c(OC)c3)C2)cc1F. The second kappa shape index (κ2) is 10.3. The number of amides is 2. The molecule has 1 unspecified atom stereocenters. The predicted octanol–water partition coefficient (Wildman–Crippen LogP) is 2.90. The highest BCUT2D eigenvalue weighted by Gasteiger charge is 2.35. The number of methoxy groups -OCH3 is 3. The van der Waals surface area contributed by atoms with Gasteiger partial charge in [0.05, 0.1) is 27.2 Å². The maximum atomic E-state index is 13.9. The van der Waals surface area contributed by atoms with Gasteiger partial charge in [0.2, 0.25) is 11.8 Å². The van der Waals surface area contributed by atoms with E-state index in [2.05, 4.69) is 0 Å². The quantitative estimate of drug-likeness (QED) is 0.595. The van der Waals surface area contributed by atoms with Crippen molar-refractivity contribution in [3.8, 4) is 17.2 Å². The largest absolute Gasteiger partial charge is 0.494 e. The molecular formula is C24H29FN2O5. The summed E-state index contributed by atoms with van der Waals surface area (Å²) in [5.41, 5.74) is 1.68. The fourth-order valence-electron chi connectivity index (χ4n) is 3.93. The minimum absolute atomic E-state index is 0.0345. The van der Waals surface area contributed by atoms with E-state index in [1.165, 1.54) is 24.1 Å². The molecule has 0 aromatic heterocycles. The Labute approximate surface area is 187 Å². The molecule has 3 rings (SSSR count). The minimum Gasteiger partial charge on any atom is -0.494 e. The van der Waals surface area contributed by atoms with Crippen molar-refractivity contribution in [3.05, 3.63) is 53.3 Å². The van der Waals surface area contributed by atoms with E-state index in [9.17, 15) is 14.0 Å². The van der Waals surface area contributed by atoms with Crippen molar-refractivity contribution in [2.24, 2.45) is 5.92 Å². The van der Waals surface area contributed by atoms with Gasteiger partial charge in [0.1, 0.15) is 0 Å². The van der Waals surface area contributed by atoms with E-state index in [-0.39, 0.29) is 30.5 Å². The minimum atomic E-state index is -0.469. The highest BCUT2D eigenvalue weighted by molar-refractivity contribution is 5.89. The summed E-state index contributed by atoms with van der Waals surface area (Å²) in [7, 11) is 6.24. The molecule has 2 amide bonds. The Balaban J connectivity index is 1.56. The lowest BCUT2D eigenvalue weighted by molar-refractivity contribution is -0.135. The van der Waals surface area contributed by atoms with Crippen LogP contribution in [-0.2, 0) is 22.6 Å². The number of ether oxygens (including phenoxy) is 3. The van der Waals surface area contributed by atoms with Gasteiger partial charge in [0.15, 0.2) is 23.1 Å². The normalized spacial score (nSPS) is 15.6. The topological polar surface area (TPSA) is 68.3 Å². The Morgan fingerprint density at radius 2 is 1.69 bits per heavy atom. The number of hydrogen-bond donors (Lipinski definition) is 0. The maximum Gasteiger partial charge on any atom is 0.228 e. The average Bonchev–Trinajstić information content (AvgIpc) is 3.17. The first-order valence-corrected chi connectivity index (χ1v) is 10.4. The number of hydrogen-bond acceptors (Lipinski definition) is 5. The van der Waals surface area contributed by atoms with Gasteiger partial charge < -0.3 is 24.0 Å². The van der Waals surface area contributed by atoms with Gasteiger partial charge in [-0.3, -0.25) is 9.59 Å². The van der Waals surface area contributed by atoms with Crippen LogP contribution in [0.5, 0.6) is 17.2 Å². The van der Waals surface area contributed by atoms with Gasteiger partial charge in [0, 0.05) is 33.1 Å². The molecule has 2 aromatic rings. The van der Waals surface area contributed by atoms with Gasteiger partial charge in [0.25, 0.3) is 0 Å². The van der Waals surface area contributed by atoms with Crippen LogP contribution in [0.25, 0.3) is 0 Å². The van der Waals surface area contributed by atoms with Crippen LogP contribution in [-0.4, -0.2) is 63.1 Å². The Morgan fingerprint density at radius 1 is 1.03 bits per heavy atom. The molecule has 0 saturated carbocycles. The molecule has 8 heteroatoms. The van der Waals surface area contributed by atoms with E-state index >= 15 is 0 Å². The van der Waals surface area contributed by atoms with Crippen molar-refractivity contribution in [2.75, 3.05) is 41.5 Å². The third kappa shape index (κ3) is 5.30. The molecule has 7 nitrogen and oxygen atoms in total. The van der Waals surface area contributed by atoms with Crippen LogP contribution in [0.4, 0.5) is 4.39 Å². The van der Waals surface area contributed by atoms with Crippen LogP contribution in [0.2, 0.25) is 0 Å². The molecular weight excluding hydrogens is 415 g/mol. The highest BCUT2D eigenvalue weighted by atomic mass is 19.1. The Kier molecular flexibility index (Phi) is 7.56. The van der Waals surface area contributed by atoms with E-state index in [4.69, 9.17) is 14.2 Å². The van der Waals surface area contributed by atoms with Crippen molar-refractivity contribution in [1.82, 2.24) is 9.80 Å². The molecule has 1 saturated heterocycles. The Hall–Kier alpha value is -3.29. The molecule has 1 fully saturated rings. The fraction of sp³-hybridized carbons (Fsp3) is 0.417. The van der Waals surface area contributed by atoms with Gasteiger partial charge in [-0.2, -0.15) is 0 Å². The summed E-state index contributed by atoms with van der Waals surface area (Å²) in [4.78, 5) is 28.6. The Bertz CT molecular complexity index is 981. The zero-order valence-electron chi connectivity index (χ0n) is 18.9. The lowest BCUT2D eigenvalue weighted by atomic mass is 10.1. The number of halogens is 1. The lowest BCUT2D eigenvalue weighted by Gasteiger charge is -2.22. The first-order chi connectivity index (χ1) is 15.4. The molecule has 1 heterocycles. The fourth-order valence-corrected chi connectivity index (χ4v) is 3.93. The number of carbonyl (C=O) groups excluding carboxylic acids is 2. The molecule has 0 aliphatic carbocycles. The van der Waals surface area contributed by atoms with Crippen molar-refractivity contribution >= 4 is 11.8 Å². The standard InChI is InChI=1S/C24H29FN2O5/c1-26(14-17-6-7-20(30-2)19(25)11-17)24(29)18-13-23(28)27(15-18)10-9-16-5-8-21(31-3)22(12-16)32-4/h5-8,11-12,18H,9-10,13-15H2,1-4H3. The van der Waals surface area contributed by atoms with Crippen LogP contribution >= 0.6 is 0 Å². The van der Waals surface area contributed by atoms with Gasteiger partial charge >= 0.3 is 0 Å². The number of nitrogens with zero attached hydrogens (tertiary/aromatic N) is 2. The summed E-state index contributed by atoms with van der Waals surface area (Å²) in [5.74, 6) is 0.427. The first kappa shape index (κ1) is 23.4. The van der Waals surface area contributed by atoms with Crippen LogP contribution < -0.4 is 14.2 Å². The summed E-state index contributed by atoms with van der Waals surface area (Å²) >= 11 is 0. The first-order valence-electron chi connectivity index (χ1n) is 10.4. The van der Waals surface area contributed by atoms with Gasteiger partial charge in [-0.1, -0.05) is 12.1 Å². The molecule has 172 valence electrons. The summed E-state index contributed by atoms with van der Waals surface area (Å²) in [5, 5.41) is 0. The molecule has 0 N–H and O–H groups in total. The zero-order valence-corrected chi connectivity index (χ0v) is 18.9. The molecule has 2 aromatic carbocycles. The molecule has 1 atom stereocenters. The number of likely N-dealkylation sites (tertiary alicyclic amines) is 1. The molecule has 1 aliphatic heterocycles. The second-order valence-corrected chi connectivity index (χ2v) is 7.84. The predicted molar refractivity (Wildman–Crippen MR) is 117 cm³/mol. The summed E-state index contributed by atoms with van der Waals surface area (Å²) in [6.45, 7) is 1.16. The van der Waals surface area contributed by atoms with Gasteiger partial charge in [-0.25, -0.2) is 4.39 Å². The van der Waals surface area contributed by atoms with Crippen molar-refractivity contribution in [2.45, 2.75) is 19.4 Å². The maximum absolute atomic E-state index is 13.9. The molecule has 0 spiro atoms. The summed E-state index contributed by atoms with van der Waals surface area (Å²) in [6.07, 6.45) is 0.833. The van der Waals surface area contributed by atoms with Crippen LogP contribution in [0, 0.1) is 11.7 Å². The van der Waals surface area contributed by atoms with Gasteiger partial charge in [-0.05, 0) is 41.8 Å². The van der Waals surface area contributed by atoms with Gasteiger partial charge in [-0.15, -0.1) is 0 Å². The summed E-state index contributed by atoms with van der Waals surface area (Å²) in [6, 6.07) is 10.3. The second-order valence-electron chi connectivity index (χ2n) is 7.84. The number of rotatable bonds is 9. The number of benzene rings is 2. The van der Waals surface area contributed by atoms with Crippen LogP contribution in [0.15, 0.2) is 36.4 Å². The van der Waals surface area contributed by atoms with E-state index in [0.717, 1.165) is 5.56 Å². The van der Waals surface area contributed by atoms with Crippen molar-refractivity contribution in [3.63, 3.8) is 0 Å². The monoisotopic (exact) mass is 444 g/mol. The summed E-state index contributed by atoms with van der Waals surface area (Å²) < 4.78 is 29.4. The third-order valence-electron chi connectivity index (χ3n) is 5.69. The van der Waals surface area contributed by atoms with E-state index in [1.54, 1.807) is 32.2 Å². The van der Waals surface area contributed by atoms with Crippen molar-refractivity contribution < 1.29 is 28.2 Å². The highest BCUT2D eigenvalue weighted by Crippen LogP contribution is 2.28.